The molecule has 1 heterocycles. The molecular formula is C25H29N5O3S. The summed E-state index contributed by atoms with van der Waals surface area (Å²) in [5.74, 6) is 1.26. The number of nitrogens with one attached hydrogen (secondary N) is 2. The van der Waals surface area contributed by atoms with Gasteiger partial charge < -0.3 is 19.9 Å². The lowest BCUT2D eigenvalue weighted by atomic mass is 10.1. The highest BCUT2D eigenvalue weighted by molar-refractivity contribution is 7.99. The van der Waals surface area contributed by atoms with Gasteiger partial charge >= 0.3 is 0 Å². The van der Waals surface area contributed by atoms with E-state index in [2.05, 4.69) is 27.4 Å². The summed E-state index contributed by atoms with van der Waals surface area (Å²) in [4.78, 5) is 24.9. The molecule has 1 aromatic heterocycles. The van der Waals surface area contributed by atoms with Gasteiger partial charge in [0.15, 0.2) is 11.0 Å². The first-order valence-electron chi connectivity index (χ1n) is 10.8. The molecule has 0 fully saturated rings. The zero-order chi connectivity index (χ0) is 24.5. The molecular weight excluding hydrogens is 450 g/mol. The molecule has 34 heavy (non-hydrogen) atoms. The quantitative estimate of drug-likeness (QED) is 0.319. The van der Waals surface area contributed by atoms with Crippen molar-refractivity contribution >= 4 is 29.3 Å². The monoisotopic (exact) mass is 479 g/mol. The molecule has 3 aromatic rings. The Hall–Kier alpha value is -3.59. The van der Waals surface area contributed by atoms with Crippen molar-refractivity contribution in [1.82, 2.24) is 20.1 Å². The minimum absolute atomic E-state index is 0.127. The summed E-state index contributed by atoms with van der Waals surface area (Å²) in [5.41, 5.74) is 2.76. The minimum atomic E-state index is -0.367. The third-order valence-electron chi connectivity index (χ3n) is 5.01. The van der Waals surface area contributed by atoms with Gasteiger partial charge in [-0.3, -0.25) is 9.59 Å². The number of thioether (sulfide) groups is 1. The number of ether oxygens (including phenoxy) is 1. The number of nitrogens with zero attached hydrogens (tertiary/aromatic N) is 3. The van der Waals surface area contributed by atoms with E-state index < -0.39 is 0 Å². The standard InChI is InChI=1S/C25H29N5O3S/c1-5-14-30-24(18(3)26-22(31)15-19-8-12-21(33-4)13-9-19)28-29-25(30)34-16-23(32)27-20-10-6-17(2)7-11-20/h5-13,18H,1,14-16H2,2-4H3,(H,26,31)(H,27,32)/t18-/m1/s1. The van der Waals surface area contributed by atoms with Crippen molar-refractivity contribution in [2.45, 2.75) is 38.0 Å². The summed E-state index contributed by atoms with van der Waals surface area (Å²) < 4.78 is 7.01. The Kier molecular flexibility index (Phi) is 8.86. The lowest BCUT2D eigenvalue weighted by Crippen LogP contribution is -2.30. The molecule has 0 radical (unpaired) electrons. The van der Waals surface area contributed by atoms with Crippen LogP contribution in [0.4, 0.5) is 5.69 Å². The Labute approximate surface area is 203 Å². The number of methoxy groups -OCH3 is 1. The average molecular weight is 480 g/mol. The van der Waals surface area contributed by atoms with E-state index >= 15 is 0 Å². The number of rotatable bonds is 11. The highest BCUT2D eigenvalue weighted by atomic mass is 32.2. The van der Waals surface area contributed by atoms with Crippen LogP contribution >= 0.6 is 11.8 Å². The predicted octanol–water partition coefficient (Wildman–Crippen LogP) is 3.93. The Morgan fingerprint density at radius 2 is 1.82 bits per heavy atom. The molecule has 2 N–H and O–H groups in total. The summed E-state index contributed by atoms with van der Waals surface area (Å²) in [6, 6.07) is 14.6. The SMILES string of the molecule is C=CCn1c(SCC(=O)Nc2ccc(C)cc2)nnc1[C@@H](C)NC(=O)Cc1ccc(OC)cc1. The maximum atomic E-state index is 12.6. The van der Waals surface area contributed by atoms with Gasteiger partial charge in [0.2, 0.25) is 11.8 Å². The second-order valence-electron chi connectivity index (χ2n) is 7.76. The van der Waals surface area contributed by atoms with Gasteiger partial charge in [-0.25, -0.2) is 0 Å². The first kappa shape index (κ1) is 25.0. The number of aryl methyl sites for hydroxylation is 1. The van der Waals surface area contributed by atoms with E-state index in [1.165, 1.54) is 11.8 Å². The van der Waals surface area contributed by atoms with Crippen molar-refractivity contribution in [2.24, 2.45) is 0 Å². The summed E-state index contributed by atoms with van der Waals surface area (Å²) in [7, 11) is 1.60. The van der Waals surface area contributed by atoms with Crippen molar-refractivity contribution in [3.05, 3.63) is 78.1 Å². The number of benzene rings is 2. The maximum Gasteiger partial charge on any atom is 0.234 e. The van der Waals surface area contributed by atoms with Crippen LogP contribution in [-0.2, 0) is 22.6 Å². The van der Waals surface area contributed by atoms with Crippen LogP contribution in [-0.4, -0.2) is 39.4 Å². The highest BCUT2D eigenvalue weighted by Crippen LogP contribution is 2.21. The number of hydrogen-bond donors (Lipinski definition) is 2. The van der Waals surface area contributed by atoms with Crippen molar-refractivity contribution in [3.63, 3.8) is 0 Å². The van der Waals surface area contributed by atoms with Crippen LogP contribution in [0.3, 0.4) is 0 Å². The second kappa shape index (κ2) is 12.0. The Morgan fingerprint density at radius 1 is 1.12 bits per heavy atom. The lowest BCUT2D eigenvalue weighted by Gasteiger charge is -2.15. The fraction of sp³-hybridized carbons (Fsp3) is 0.280. The summed E-state index contributed by atoms with van der Waals surface area (Å²) >= 11 is 1.29. The Balaban J connectivity index is 1.60. The molecule has 0 saturated carbocycles. The summed E-state index contributed by atoms with van der Waals surface area (Å²) in [6.07, 6.45) is 1.97. The van der Waals surface area contributed by atoms with Crippen LogP contribution in [0.1, 0.15) is 29.9 Å². The molecule has 0 saturated heterocycles. The normalized spacial score (nSPS) is 11.5. The van der Waals surface area contributed by atoms with Gasteiger partial charge in [0, 0.05) is 12.2 Å². The number of carbonyl (C=O) groups is 2. The number of anilines is 1. The van der Waals surface area contributed by atoms with Crippen LogP contribution in [0, 0.1) is 6.92 Å². The van der Waals surface area contributed by atoms with Gasteiger partial charge in [0.25, 0.3) is 0 Å². The van der Waals surface area contributed by atoms with Crippen LogP contribution < -0.4 is 15.4 Å². The first-order valence-corrected chi connectivity index (χ1v) is 11.8. The Morgan fingerprint density at radius 3 is 2.47 bits per heavy atom. The zero-order valence-corrected chi connectivity index (χ0v) is 20.4. The molecule has 0 unspecified atom stereocenters. The molecule has 0 aliphatic rings. The third kappa shape index (κ3) is 6.95. The largest absolute Gasteiger partial charge is 0.497 e. The predicted molar refractivity (Wildman–Crippen MR) is 134 cm³/mol. The van der Waals surface area contributed by atoms with E-state index in [1.54, 1.807) is 13.2 Å². The number of amides is 2. The van der Waals surface area contributed by atoms with Crippen LogP contribution in [0.25, 0.3) is 0 Å². The number of allylic oxidation sites excluding steroid dienone is 1. The van der Waals surface area contributed by atoms with Gasteiger partial charge in [0.1, 0.15) is 5.75 Å². The van der Waals surface area contributed by atoms with Crippen molar-refractivity contribution in [2.75, 3.05) is 18.2 Å². The summed E-state index contributed by atoms with van der Waals surface area (Å²) in [5, 5.41) is 14.9. The molecule has 0 bridgehead atoms. The van der Waals surface area contributed by atoms with E-state index in [1.807, 2.05) is 66.9 Å². The second-order valence-corrected chi connectivity index (χ2v) is 8.70. The molecule has 178 valence electrons. The molecule has 0 spiro atoms. The minimum Gasteiger partial charge on any atom is -0.497 e. The van der Waals surface area contributed by atoms with Gasteiger partial charge in [-0.15, -0.1) is 16.8 Å². The molecule has 2 amide bonds. The molecule has 3 rings (SSSR count). The molecule has 0 aliphatic carbocycles. The highest BCUT2D eigenvalue weighted by Gasteiger charge is 2.20. The van der Waals surface area contributed by atoms with Gasteiger partial charge in [-0.05, 0) is 43.7 Å². The fourth-order valence-electron chi connectivity index (χ4n) is 3.28. The molecule has 8 nitrogen and oxygen atoms in total. The van der Waals surface area contributed by atoms with Gasteiger partial charge in [-0.2, -0.15) is 0 Å². The summed E-state index contributed by atoms with van der Waals surface area (Å²) in [6.45, 7) is 8.11. The van der Waals surface area contributed by atoms with Crippen molar-refractivity contribution in [3.8, 4) is 5.75 Å². The number of carbonyl (C=O) groups excluding carboxylic acids is 2. The number of aromatic nitrogens is 3. The van der Waals surface area contributed by atoms with Crippen molar-refractivity contribution < 1.29 is 14.3 Å². The van der Waals surface area contributed by atoms with E-state index in [0.717, 1.165) is 22.6 Å². The molecule has 9 heteroatoms. The molecule has 1 atom stereocenters. The van der Waals surface area contributed by atoms with Gasteiger partial charge in [0.05, 0.1) is 25.3 Å². The fourth-order valence-corrected chi connectivity index (χ4v) is 4.03. The van der Waals surface area contributed by atoms with Crippen LogP contribution in [0.15, 0.2) is 66.3 Å². The van der Waals surface area contributed by atoms with E-state index in [0.29, 0.717) is 17.5 Å². The number of hydrogen-bond acceptors (Lipinski definition) is 6. The van der Waals surface area contributed by atoms with E-state index in [-0.39, 0.29) is 30.0 Å². The average Bonchev–Trinajstić information content (AvgIpc) is 3.22. The smallest absolute Gasteiger partial charge is 0.234 e. The van der Waals surface area contributed by atoms with E-state index in [4.69, 9.17) is 4.74 Å². The van der Waals surface area contributed by atoms with Crippen LogP contribution in [0.5, 0.6) is 5.75 Å². The lowest BCUT2D eigenvalue weighted by molar-refractivity contribution is -0.121. The Bertz CT molecular complexity index is 1130. The molecule has 0 aliphatic heterocycles. The van der Waals surface area contributed by atoms with Crippen molar-refractivity contribution in [1.29, 1.82) is 0 Å². The maximum absolute atomic E-state index is 12.6. The topological polar surface area (TPSA) is 98.1 Å². The van der Waals surface area contributed by atoms with Crippen LogP contribution in [0.2, 0.25) is 0 Å². The third-order valence-corrected chi connectivity index (χ3v) is 5.98. The zero-order valence-electron chi connectivity index (χ0n) is 19.6. The van der Waals surface area contributed by atoms with E-state index in [9.17, 15) is 9.59 Å². The first-order chi connectivity index (χ1) is 16.4. The van der Waals surface area contributed by atoms with Gasteiger partial charge in [-0.1, -0.05) is 47.7 Å². The molecule has 2 aromatic carbocycles.